The molecule has 0 aliphatic heterocycles. The number of methoxy groups -OCH3 is 1. The highest BCUT2D eigenvalue weighted by molar-refractivity contribution is 6.01. The molecule has 154 valence electrons. The molecule has 0 saturated carbocycles. The van der Waals surface area contributed by atoms with Crippen LogP contribution in [0, 0.1) is 6.92 Å². The van der Waals surface area contributed by atoms with Crippen LogP contribution in [0.3, 0.4) is 0 Å². The summed E-state index contributed by atoms with van der Waals surface area (Å²) in [5, 5.41) is 10.1. The molecular formula is C21H19F3O5. The van der Waals surface area contributed by atoms with Gasteiger partial charge in [0.2, 0.25) is 0 Å². The molecule has 2 aromatic carbocycles. The lowest BCUT2D eigenvalue weighted by atomic mass is 9.86. The van der Waals surface area contributed by atoms with Gasteiger partial charge in [-0.1, -0.05) is 36.4 Å². The molecule has 0 aromatic heterocycles. The Kier molecular flexibility index (Phi) is 5.40. The topological polar surface area (TPSA) is 72.8 Å². The maximum absolute atomic E-state index is 14.0. The first-order valence-corrected chi connectivity index (χ1v) is 8.87. The summed E-state index contributed by atoms with van der Waals surface area (Å²) in [5.41, 5.74) is -3.00. The van der Waals surface area contributed by atoms with E-state index in [2.05, 4.69) is 0 Å². The molecule has 29 heavy (non-hydrogen) atoms. The van der Waals surface area contributed by atoms with Gasteiger partial charge in [0.25, 0.3) is 5.60 Å². The Morgan fingerprint density at radius 3 is 2.41 bits per heavy atom. The van der Waals surface area contributed by atoms with E-state index in [1.807, 2.05) is 0 Å². The first-order chi connectivity index (χ1) is 13.6. The minimum absolute atomic E-state index is 0.00685. The minimum Gasteiger partial charge on any atom is -0.507 e. The van der Waals surface area contributed by atoms with E-state index < -0.39 is 29.4 Å². The van der Waals surface area contributed by atoms with Crippen molar-refractivity contribution in [2.45, 2.75) is 37.6 Å². The Hall–Kier alpha value is -2.87. The van der Waals surface area contributed by atoms with Gasteiger partial charge in [-0.05, 0) is 25.0 Å². The van der Waals surface area contributed by atoms with Gasteiger partial charge >= 0.3 is 12.1 Å². The zero-order chi connectivity index (χ0) is 21.4. The molecule has 0 heterocycles. The fraction of sp³-hybridized carbons (Fsp3) is 0.333. The summed E-state index contributed by atoms with van der Waals surface area (Å²) in [6, 6.07) is 9.39. The summed E-state index contributed by atoms with van der Waals surface area (Å²) in [6.07, 6.45) is -6.28. The number of halogens is 3. The van der Waals surface area contributed by atoms with Crippen molar-refractivity contribution in [3.05, 3.63) is 64.7 Å². The van der Waals surface area contributed by atoms with Crippen molar-refractivity contribution >= 4 is 11.8 Å². The smallest absolute Gasteiger partial charge is 0.432 e. The molecule has 8 heteroatoms. The molecule has 0 amide bonds. The van der Waals surface area contributed by atoms with Gasteiger partial charge in [0.05, 0.1) is 5.56 Å². The Bertz CT molecular complexity index is 939. The van der Waals surface area contributed by atoms with E-state index in [4.69, 9.17) is 9.47 Å². The molecule has 0 radical (unpaired) electrons. The number of ketones is 1. The summed E-state index contributed by atoms with van der Waals surface area (Å²) in [4.78, 5) is 25.0. The van der Waals surface area contributed by atoms with Crippen LogP contribution >= 0.6 is 0 Å². The standard InChI is InChI=1S/C21H19F3O5/c1-12-10-14-17(9-8-15(25)18(14)16(26)11-12)29-19(27)20(28-2,21(22,23)24)13-6-4-3-5-7-13/h3-7,10-11,17,26H,8-9H2,1-2H3/t17-,20+/m0/s1. The van der Waals surface area contributed by atoms with Crippen molar-refractivity contribution < 1.29 is 37.3 Å². The second kappa shape index (κ2) is 7.51. The summed E-state index contributed by atoms with van der Waals surface area (Å²) >= 11 is 0. The van der Waals surface area contributed by atoms with E-state index in [1.54, 1.807) is 6.92 Å². The van der Waals surface area contributed by atoms with E-state index in [-0.39, 0.29) is 35.5 Å². The quantitative estimate of drug-likeness (QED) is 0.761. The number of aromatic hydroxyl groups is 1. The molecule has 1 aliphatic carbocycles. The Balaban J connectivity index is 2.05. The summed E-state index contributed by atoms with van der Waals surface area (Å²) in [5.74, 6) is -2.28. The lowest BCUT2D eigenvalue weighted by molar-refractivity contribution is -0.278. The van der Waals surface area contributed by atoms with Gasteiger partial charge in [0.1, 0.15) is 11.9 Å². The van der Waals surface area contributed by atoms with Crippen LogP contribution in [0.5, 0.6) is 5.75 Å². The first kappa shape index (κ1) is 20.9. The predicted molar refractivity (Wildman–Crippen MR) is 96.4 cm³/mol. The Morgan fingerprint density at radius 2 is 1.83 bits per heavy atom. The van der Waals surface area contributed by atoms with Gasteiger partial charge < -0.3 is 14.6 Å². The highest BCUT2D eigenvalue weighted by Crippen LogP contribution is 2.45. The molecular weight excluding hydrogens is 389 g/mol. The van der Waals surface area contributed by atoms with E-state index in [0.29, 0.717) is 5.56 Å². The molecule has 0 bridgehead atoms. The van der Waals surface area contributed by atoms with Crippen molar-refractivity contribution in [3.63, 3.8) is 0 Å². The van der Waals surface area contributed by atoms with E-state index in [9.17, 15) is 27.9 Å². The van der Waals surface area contributed by atoms with Gasteiger partial charge in [-0.15, -0.1) is 0 Å². The fourth-order valence-corrected chi connectivity index (χ4v) is 3.62. The van der Waals surface area contributed by atoms with Crippen molar-refractivity contribution in [1.82, 2.24) is 0 Å². The van der Waals surface area contributed by atoms with Crippen LogP contribution in [0.2, 0.25) is 0 Å². The molecule has 1 N–H and O–H groups in total. The van der Waals surface area contributed by atoms with E-state index in [0.717, 1.165) is 19.2 Å². The molecule has 1 aliphatic rings. The average molecular weight is 408 g/mol. The number of ether oxygens (including phenoxy) is 2. The second-order valence-electron chi connectivity index (χ2n) is 6.85. The van der Waals surface area contributed by atoms with Crippen LogP contribution < -0.4 is 0 Å². The normalized spacial score (nSPS) is 18.7. The monoisotopic (exact) mass is 408 g/mol. The molecule has 5 nitrogen and oxygen atoms in total. The van der Waals surface area contributed by atoms with Crippen molar-refractivity contribution in [3.8, 4) is 5.75 Å². The Morgan fingerprint density at radius 1 is 1.17 bits per heavy atom. The highest BCUT2D eigenvalue weighted by atomic mass is 19.4. The number of phenols is 1. The fourth-order valence-electron chi connectivity index (χ4n) is 3.62. The van der Waals surface area contributed by atoms with Crippen LogP contribution in [-0.2, 0) is 19.9 Å². The predicted octanol–water partition coefficient (Wildman–Crippen LogP) is 4.37. The number of rotatable bonds is 4. The van der Waals surface area contributed by atoms with E-state index >= 15 is 0 Å². The third kappa shape index (κ3) is 3.48. The molecule has 2 aromatic rings. The van der Waals surface area contributed by atoms with Gasteiger partial charge in [0.15, 0.2) is 5.78 Å². The zero-order valence-corrected chi connectivity index (χ0v) is 15.7. The van der Waals surface area contributed by atoms with Gasteiger partial charge in [0, 0.05) is 24.7 Å². The number of Topliss-reactive ketones (excluding diaryl/α,β-unsaturated/α-hetero) is 1. The molecule has 0 spiro atoms. The van der Waals surface area contributed by atoms with Gasteiger partial charge in [-0.2, -0.15) is 13.2 Å². The SMILES string of the molecule is CO[C@@](C(=O)O[C@H]1CCC(=O)c2c(O)cc(C)cc21)(c1ccccc1)C(F)(F)F. The van der Waals surface area contributed by atoms with Crippen molar-refractivity contribution in [2.24, 2.45) is 0 Å². The van der Waals surface area contributed by atoms with Gasteiger partial charge in [-0.25, -0.2) is 4.79 Å². The minimum atomic E-state index is -5.09. The summed E-state index contributed by atoms with van der Waals surface area (Å²) in [7, 11) is 0.788. The van der Waals surface area contributed by atoms with Crippen LogP contribution in [-0.4, -0.2) is 30.1 Å². The maximum atomic E-state index is 14.0. The second-order valence-corrected chi connectivity index (χ2v) is 6.85. The largest absolute Gasteiger partial charge is 0.507 e. The number of aryl methyl sites for hydroxylation is 1. The summed E-state index contributed by atoms with van der Waals surface area (Å²) in [6.45, 7) is 1.65. The molecule has 0 fully saturated rings. The molecule has 0 unspecified atom stereocenters. The zero-order valence-electron chi connectivity index (χ0n) is 15.7. The molecule has 3 rings (SSSR count). The van der Waals surface area contributed by atoms with Crippen LogP contribution in [0.15, 0.2) is 42.5 Å². The lowest BCUT2D eigenvalue weighted by Crippen LogP contribution is -2.52. The number of benzene rings is 2. The van der Waals surface area contributed by atoms with Crippen LogP contribution in [0.4, 0.5) is 13.2 Å². The summed E-state index contributed by atoms with van der Waals surface area (Å²) < 4.78 is 52.1. The number of fused-ring (bicyclic) bond motifs is 1. The van der Waals surface area contributed by atoms with E-state index in [1.165, 1.54) is 30.3 Å². The number of hydrogen-bond donors (Lipinski definition) is 1. The highest BCUT2D eigenvalue weighted by Gasteiger charge is 2.64. The third-order valence-corrected chi connectivity index (χ3v) is 4.97. The number of carbonyl (C=O) groups excluding carboxylic acids is 2. The van der Waals surface area contributed by atoms with Crippen LogP contribution in [0.1, 0.15) is 46.0 Å². The number of alkyl halides is 3. The van der Waals surface area contributed by atoms with Gasteiger partial charge in [-0.3, -0.25) is 4.79 Å². The number of carbonyl (C=O) groups is 2. The average Bonchev–Trinajstić information content (AvgIpc) is 2.64. The van der Waals surface area contributed by atoms with Crippen molar-refractivity contribution in [2.75, 3.05) is 7.11 Å². The van der Waals surface area contributed by atoms with Crippen molar-refractivity contribution in [1.29, 1.82) is 0 Å². The number of phenolic OH excluding ortho intramolecular Hbond substituents is 1. The molecule has 2 atom stereocenters. The molecule has 0 saturated heterocycles. The lowest BCUT2D eigenvalue weighted by Gasteiger charge is -2.35. The van der Waals surface area contributed by atoms with Crippen LogP contribution in [0.25, 0.3) is 0 Å². The maximum Gasteiger partial charge on any atom is 0.432 e. The third-order valence-electron chi connectivity index (χ3n) is 4.97. The number of esters is 1. The Labute approximate surface area is 165 Å². The first-order valence-electron chi connectivity index (χ1n) is 8.87. The number of hydrogen-bond acceptors (Lipinski definition) is 5.